The number of H-pyrrole nitrogens is 1. The van der Waals surface area contributed by atoms with Crippen molar-refractivity contribution >= 4 is 22.5 Å². The number of rotatable bonds is 4. The molecule has 2 aromatic heterocycles. The van der Waals surface area contributed by atoms with Gasteiger partial charge in [0.25, 0.3) is 5.69 Å². The van der Waals surface area contributed by atoms with Crippen LogP contribution in [-0.2, 0) is 0 Å². The molecule has 2 heterocycles. The van der Waals surface area contributed by atoms with Crippen molar-refractivity contribution in [2.24, 2.45) is 0 Å². The van der Waals surface area contributed by atoms with Gasteiger partial charge in [0.15, 0.2) is 0 Å². The van der Waals surface area contributed by atoms with E-state index in [0.717, 1.165) is 41.0 Å². The number of nitrogens with one attached hydrogen (secondary N) is 2. The minimum Gasteiger partial charge on any atom is -0.367 e. The van der Waals surface area contributed by atoms with E-state index in [1.165, 1.54) is 25.2 Å². The summed E-state index contributed by atoms with van der Waals surface area (Å²) in [6, 6.07) is 8.98. The van der Waals surface area contributed by atoms with E-state index in [0.29, 0.717) is 6.04 Å². The van der Waals surface area contributed by atoms with E-state index in [4.69, 9.17) is 0 Å². The molecule has 7 heteroatoms. The first-order valence-electron chi connectivity index (χ1n) is 8.06. The Morgan fingerprint density at radius 3 is 2.83 bits per heavy atom. The fourth-order valence-corrected chi connectivity index (χ4v) is 3.26. The van der Waals surface area contributed by atoms with Gasteiger partial charge in [-0.3, -0.25) is 10.1 Å². The molecular weight excluding hydrogens is 306 g/mol. The fraction of sp³-hybridized carbons (Fsp3) is 0.294. The summed E-state index contributed by atoms with van der Waals surface area (Å²) in [5.41, 5.74) is 2.35. The summed E-state index contributed by atoms with van der Waals surface area (Å²) in [6.07, 6.45) is 6.35. The maximum Gasteiger partial charge on any atom is 0.270 e. The van der Waals surface area contributed by atoms with Crippen LogP contribution in [0, 0.1) is 10.1 Å². The van der Waals surface area contributed by atoms with Crippen molar-refractivity contribution in [3.8, 4) is 11.3 Å². The van der Waals surface area contributed by atoms with Crippen molar-refractivity contribution < 1.29 is 4.92 Å². The summed E-state index contributed by atoms with van der Waals surface area (Å²) >= 11 is 0. The van der Waals surface area contributed by atoms with E-state index in [-0.39, 0.29) is 10.6 Å². The molecular formula is C17H17N5O2. The quantitative estimate of drug-likeness (QED) is 0.561. The Labute approximate surface area is 138 Å². The summed E-state index contributed by atoms with van der Waals surface area (Å²) in [4.78, 5) is 22.5. The smallest absolute Gasteiger partial charge is 0.270 e. The van der Waals surface area contributed by atoms with Crippen LogP contribution >= 0.6 is 0 Å². The third-order valence-corrected chi connectivity index (χ3v) is 4.49. The summed E-state index contributed by atoms with van der Waals surface area (Å²) in [6.45, 7) is 0. The molecule has 122 valence electrons. The second-order valence-corrected chi connectivity index (χ2v) is 6.10. The van der Waals surface area contributed by atoms with Gasteiger partial charge in [-0.25, -0.2) is 9.97 Å². The molecule has 1 aliphatic carbocycles. The number of aromatic nitrogens is 3. The number of benzene rings is 1. The average Bonchev–Trinajstić information content (AvgIpc) is 3.24. The van der Waals surface area contributed by atoms with Crippen molar-refractivity contribution in [2.75, 3.05) is 5.32 Å². The molecule has 1 aromatic carbocycles. The van der Waals surface area contributed by atoms with Crippen LogP contribution in [0.5, 0.6) is 0 Å². The lowest BCUT2D eigenvalue weighted by atomic mass is 10.1. The summed E-state index contributed by atoms with van der Waals surface area (Å²) in [7, 11) is 0. The first-order chi connectivity index (χ1) is 11.7. The van der Waals surface area contributed by atoms with Gasteiger partial charge in [0.2, 0.25) is 0 Å². The van der Waals surface area contributed by atoms with E-state index < -0.39 is 0 Å². The second-order valence-electron chi connectivity index (χ2n) is 6.10. The highest BCUT2D eigenvalue weighted by atomic mass is 16.6. The normalized spacial score (nSPS) is 15.0. The number of nitro benzene ring substituents is 1. The molecule has 0 amide bonds. The van der Waals surface area contributed by atoms with E-state index >= 15 is 0 Å². The van der Waals surface area contributed by atoms with Gasteiger partial charge in [0, 0.05) is 29.4 Å². The van der Waals surface area contributed by atoms with Crippen molar-refractivity contribution in [3.63, 3.8) is 0 Å². The van der Waals surface area contributed by atoms with Gasteiger partial charge >= 0.3 is 0 Å². The predicted octanol–water partition coefficient (Wildman–Crippen LogP) is 3.89. The zero-order chi connectivity index (χ0) is 16.5. The van der Waals surface area contributed by atoms with E-state index in [1.54, 1.807) is 12.1 Å². The zero-order valence-corrected chi connectivity index (χ0v) is 13.0. The molecule has 0 aliphatic heterocycles. The molecule has 1 saturated carbocycles. The topological polar surface area (TPSA) is 96.7 Å². The van der Waals surface area contributed by atoms with Crippen LogP contribution in [-0.4, -0.2) is 25.9 Å². The van der Waals surface area contributed by atoms with Crippen LogP contribution in [0.3, 0.4) is 0 Å². The summed E-state index contributed by atoms with van der Waals surface area (Å²) in [5, 5.41) is 15.4. The Kier molecular flexibility index (Phi) is 3.60. The van der Waals surface area contributed by atoms with Gasteiger partial charge in [0.1, 0.15) is 17.8 Å². The third kappa shape index (κ3) is 2.68. The molecule has 2 N–H and O–H groups in total. The number of fused-ring (bicyclic) bond motifs is 1. The SMILES string of the molecule is O=[N+]([O-])c1cccc(-c2cc3c(NC4CCCC4)ncnc3[nH]2)c1. The maximum atomic E-state index is 11.0. The zero-order valence-electron chi connectivity index (χ0n) is 13.0. The van der Waals surface area contributed by atoms with Gasteiger partial charge in [0.05, 0.1) is 10.3 Å². The molecule has 1 aliphatic rings. The van der Waals surface area contributed by atoms with Gasteiger partial charge in [-0.2, -0.15) is 0 Å². The second kappa shape index (κ2) is 5.92. The number of hydrogen-bond acceptors (Lipinski definition) is 5. The molecule has 0 saturated heterocycles. The van der Waals surface area contributed by atoms with Gasteiger partial charge in [-0.15, -0.1) is 0 Å². The van der Waals surface area contributed by atoms with Gasteiger partial charge < -0.3 is 10.3 Å². The van der Waals surface area contributed by atoms with Crippen LogP contribution in [0.15, 0.2) is 36.7 Å². The van der Waals surface area contributed by atoms with Crippen molar-refractivity contribution in [2.45, 2.75) is 31.7 Å². The van der Waals surface area contributed by atoms with E-state index in [2.05, 4.69) is 20.3 Å². The standard InChI is InChI=1S/C17H17N5O2/c23-22(24)13-7-3-4-11(8-13)15-9-14-16(18-10-19-17(14)21-15)20-12-5-1-2-6-12/h3-4,7-10,12H,1-2,5-6H2,(H2,18,19,20,21). The molecule has 0 bridgehead atoms. The highest BCUT2D eigenvalue weighted by molar-refractivity contribution is 5.91. The number of aromatic amines is 1. The molecule has 3 aromatic rings. The predicted molar refractivity (Wildman–Crippen MR) is 91.9 cm³/mol. The van der Waals surface area contributed by atoms with E-state index in [1.807, 2.05) is 12.1 Å². The minimum atomic E-state index is -0.390. The molecule has 0 atom stereocenters. The molecule has 0 unspecified atom stereocenters. The number of nitrogens with zero attached hydrogens (tertiary/aromatic N) is 3. The lowest BCUT2D eigenvalue weighted by Gasteiger charge is -2.12. The van der Waals surface area contributed by atoms with Crippen LogP contribution in [0.4, 0.5) is 11.5 Å². The van der Waals surface area contributed by atoms with Crippen LogP contribution in [0.2, 0.25) is 0 Å². The Morgan fingerprint density at radius 1 is 1.21 bits per heavy atom. The van der Waals surface area contributed by atoms with Crippen molar-refractivity contribution in [3.05, 3.63) is 46.8 Å². The van der Waals surface area contributed by atoms with Crippen LogP contribution in [0.1, 0.15) is 25.7 Å². The molecule has 1 fully saturated rings. The molecule has 24 heavy (non-hydrogen) atoms. The van der Waals surface area contributed by atoms with Gasteiger partial charge in [-0.1, -0.05) is 25.0 Å². The molecule has 4 rings (SSSR count). The number of nitro groups is 1. The first-order valence-corrected chi connectivity index (χ1v) is 8.06. The van der Waals surface area contributed by atoms with Crippen LogP contribution < -0.4 is 5.32 Å². The summed E-state index contributed by atoms with van der Waals surface area (Å²) in [5.74, 6) is 0.819. The van der Waals surface area contributed by atoms with E-state index in [9.17, 15) is 10.1 Å². The Balaban J connectivity index is 1.72. The largest absolute Gasteiger partial charge is 0.367 e. The number of non-ortho nitro benzene ring substituents is 1. The van der Waals surface area contributed by atoms with Crippen molar-refractivity contribution in [1.82, 2.24) is 15.0 Å². The fourth-order valence-electron chi connectivity index (χ4n) is 3.26. The lowest BCUT2D eigenvalue weighted by molar-refractivity contribution is -0.384. The average molecular weight is 323 g/mol. The Hall–Kier alpha value is -2.96. The van der Waals surface area contributed by atoms with Gasteiger partial charge in [-0.05, 0) is 18.9 Å². The Morgan fingerprint density at radius 2 is 2.04 bits per heavy atom. The highest BCUT2D eigenvalue weighted by Gasteiger charge is 2.17. The maximum absolute atomic E-state index is 11.0. The third-order valence-electron chi connectivity index (χ3n) is 4.49. The number of hydrogen-bond donors (Lipinski definition) is 2. The summed E-state index contributed by atoms with van der Waals surface area (Å²) < 4.78 is 0. The van der Waals surface area contributed by atoms with Crippen molar-refractivity contribution in [1.29, 1.82) is 0 Å². The first kappa shape index (κ1) is 14.6. The lowest BCUT2D eigenvalue weighted by Crippen LogP contribution is -2.15. The Bertz CT molecular complexity index is 899. The minimum absolute atomic E-state index is 0.0709. The molecule has 7 nitrogen and oxygen atoms in total. The number of anilines is 1. The van der Waals surface area contributed by atoms with Crippen LogP contribution in [0.25, 0.3) is 22.3 Å². The highest BCUT2D eigenvalue weighted by Crippen LogP contribution is 2.30. The monoisotopic (exact) mass is 323 g/mol. The molecule has 0 spiro atoms. The molecule has 0 radical (unpaired) electrons.